The number of likely N-dealkylation sites (tertiary alicyclic amines) is 1. The molecule has 2 heterocycles. The van der Waals surface area contributed by atoms with E-state index in [1.807, 2.05) is 0 Å². The number of nitrogens with two attached hydrogens (primary N) is 1. The molecule has 0 saturated carbocycles. The Bertz CT molecular complexity index is 340. The second-order valence-corrected chi connectivity index (χ2v) is 7.69. The molecule has 0 spiro atoms. The Morgan fingerprint density at radius 2 is 1.47 bits per heavy atom. The Morgan fingerprint density at radius 3 is 1.89 bits per heavy atom. The molecule has 19 heavy (non-hydrogen) atoms. The van der Waals surface area contributed by atoms with E-state index in [0.717, 1.165) is 25.9 Å². The third kappa shape index (κ3) is 2.95. The van der Waals surface area contributed by atoms with Gasteiger partial charge in [0.25, 0.3) is 0 Å². The fraction of sp³-hybridized carbons (Fsp3) is 0.933. The second kappa shape index (κ2) is 4.74. The van der Waals surface area contributed by atoms with Gasteiger partial charge in [-0.2, -0.15) is 0 Å². The maximum absolute atomic E-state index is 12.3. The van der Waals surface area contributed by atoms with Crippen molar-refractivity contribution in [2.24, 2.45) is 5.73 Å². The third-order valence-electron chi connectivity index (χ3n) is 4.57. The molecule has 0 unspecified atom stereocenters. The first-order chi connectivity index (χ1) is 8.67. The van der Waals surface area contributed by atoms with Gasteiger partial charge in [-0.05, 0) is 66.5 Å². The standard InChI is InChI=1S/C15H29N3O/c1-13(2)10-15(12(16)19,11-14(3,4)17-13)18-8-6-5-7-9-18/h17H,5-11H2,1-4H3,(H2,16,19). The highest BCUT2D eigenvalue weighted by Crippen LogP contribution is 2.40. The summed E-state index contributed by atoms with van der Waals surface area (Å²) in [6.45, 7) is 10.7. The summed E-state index contributed by atoms with van der Waals surface area (Å²) in [6, 6.07) is 0. The number of nitrogens with zero attached hydrogens (tertiary/aromatic N) is 1. The van der Waals surface area contributed by atoms with Crippen LogP contribution >= 0.6 is 0 Å². The highest BCUT2D eigenvalue weighted by atomic mass is 16.1. The highest BCUT2D eigenvalue weighted by molar-refractivity contribution is 5.85. The molecule has 2 aliphatic rings. The number of rotatable bonds is 2. The number of primary amides is 1. The SMILES string of the molecule is CC1(C)CC(C(N)=O)(N2CCCCC2)CC(C)(C)N1. The smallest absolute Gasteiger partial charge is 0.238 e. The van der Waals surface area contributed by atoms with Crippen LogP contribution in [0.15, 0.2) is 0 Å². The number of nitrogens with one attached hydrogen (secondary N) is 1. The minimum atomic E-state index is -0.474. The lowest BCUT2D eigenvalue weighted by Crippen LogP contribution is -2.72. The number of piperidine rings is 2. The van der Waals surface area contributed by atoms with Gasteiger partial charge in [0.2, 0.25) is 5.91 Å². The molecule has 1 amide bonds. The zero-order valence-corrected chi connectivity index (χ0v) is 12.9. The Balaban J connectivity index is 2.34. The molecule has 0 radical (unpaired) electrons. The van der Waals surface area contributed by atoms with Crippen LogP contribution in [0, 0.1) is 0 Å². The lowest BCUT2D eigenvalue weighted by atomic mass is 9.69. The maximum Gasteiger partial charge on any atom is 0.238 e. The maximum atomic E-state index is 12.3. The zero-order chi connectivity index (χ0) is 14.3. The molecule has 2 aliphatic heterocycles. The van der Waals surface area contributed by atoms with Gasteiger partial charge >= 0.3 is 0 Å². The molecule has 0 atom stereocenters. The van der Waals surface area contributed by atoms with Gasteiger partial charge < -0.3 is 11.1 Å². The molecule has 2 rings (SSSR count). The van der Waals surface area contributed by atoms with E-state index in [9.17, 15) is 4.79 Å². The summed E-state index contributed by atoms with van der Waals surface area (Å²) in [5.41, 5.74) is 5.27. The van der Waals surface area contributed by atoms with Gasteiger partial charge in [0.05, 0.1) is 0 Å². The Morgan fingerprint density at radius 1 is 1.00 bits per heavy atom. The number of carbonyl (C=O) groups excluding carboxylic acids is 1. The van der Waals surface area contributed by atoms with E-state index in [1.54, 1.807) is 0 Å². The van der Waals surface area contributed by atoms with Crippen molar-refractivity contribution < 1.29 is 4.79 Å². The molecule has 0 bridgehead atoms. The summed E-state index contributed by atoms with van der Waals surface area (Å²) < 4.78 is 0. The first-order valence-corrected chi connectivity index (χ1v) is 7.51. The topological polar surface area (TPSA) is 58.4 Å². The molecule has 2 fully saturated rings. The van der Waals surface area contributed by atoms with Crippen molar-refractivity contribution >= 4 is 5.91 Å². The largest absolute Gasteiger partial charge is 0.368 e. The lowest BCUT2D eigenvalue weighted by molar-refractivity contribution is -0.138. The third-order valence-corrected chi connectivity index (χ3v) is 4.57. The van der Waals surface area contributed by atoms with E-state index >= 15 is 0 Å². The summed E-state index contributed by atoms with van der Waals surface area (Å²) in [6.07, 6.45) is 5.25. The van der Waals surface area contributed by atoms with Gasteiger partial charge in [0, 0.05) is 11.1 Å². The van der Waals surface area contributed by atoms with Gasteiger partial charge in [-0.3, -0.25) is 9.69 Å². The summed E-state index contributed by atoms with van der Waals surface area (Å²) in [4.78, 5) is 14.7. The molecule has 0 aromatic rings. The van der Waals surface area contributed by atoms with E-state index in [0.29, 0.717) is 0 Å². The predicted molar refractivity (Wildman–Crippen MR) is 77.9 cm³/mol. The molecular formula is C15H29N3O. The van der Waals surface area contributed by atoms with Crippen LogP contribution in [0.2, 0.25) is 0 Å². The molecule has 110 valence electrons. The summed E-state index contributed by atoms with van der Waals surface area (Å²) in [7, 11) is 0. The average molecular weight is 267 g/mol. The fourth-order valence-corrected chi connectivity index (χ4v) is 4.40. The normalized spacial score (nSPS) is 29.9. The number of hydrogen-bond acceptors (Lipinski definition) is 3. The van der Waals surface area contributed by atoms with Crippen molar-refractivity contribution in [2.45, 2.75) is 76.4 Å². The van der Waals surface area contributed by atoms with Crippen molar-refractivity contribution in [1.82, 2.24) is 10.2 Å². The van der Waals surface area contributed by atoms with Crippen LogP contribution in [-0.2, 0) is 4.79 Å². The van der Waals surface area contributed by atoms with Gasteiger partial charge in [0.15, 0.2) is 0 Å². The molecule has 4 heteroatoms. The first kappa shape index (κ1) is 14.8. The van der Waals surface area contributed by atoms with Crippen molar-refractivity contribution in [3.8, 4) is 0 Å². The molecule has 2 saturated heterocycles. The monoisotopic (exact) mass is 267 g/mol. The van der Waals surface area contributed by atoms with Gasteiger partial charge in [-0.15, -0.1) is 0 Å². The minimum Gasteiger partial charge on any atom is -0.368 e. The number of carbonyl (C=O) groups is 1. The second-order valence-electron chi connectivity index (χ2n) is 7.69. The van der Waals surface area contributed by atoms with Gasteiger partial charge in [-0.1, -0.05) is 6.42 Å². The lowest BCUT2D eigenvalue weighted by Gasteiger charge is -2.56. The van der Waals surface area contributed by atoms with Crippen LogP contribution in [0.1, 0.15) is 59.8 Å². The van der Waals surface area contributed by atoms with Crippen LogP contribution in [0.5, 0.6) is 0 Å². The van der Waals surface area contributed by atoms with Crippen LogP contribution in [0.4, 0.5) is 0 Å². The minimum absolute atomic E-state index is 0.0613. The average Bonchev–Trinajstić information content (AvgIpc) is 2.25. The van der Waals surface area contributed by atoms with Gasteiger partial charge in [0.1, 0.15) is 5.54 Å². The first-order valence-electron chi connectivity index (χ1n) is 7.51. The molecule has 0 aromatic heterocycles. The predicted octanol–water partition coefficient (Wildman–Crippen LogP) is 1.64. The fourth-order valence-electron chi connectivity index (χ4n) is 4.40. The van der Waals surface area contributed by atoms with E-state index in [-0.39, 0.29) is 17.0 Å². The van der Waals surface area contributed by atoms with Crippen LogP contribution < -0.4 is 11.1 Å². The molecule has 4 nitrogen and oxygen atoms in total. The summed E-state index contributed by atoms with van der Waals surface area (Å²) >= 11 is 0. The Kier molecular flexibility index (Phi) is 3.69. The molecule has 0 aliphatic carbocycles. The van der Waals surface area contributed by atoms with Crippen LogP contribution in [0.3, 0.4) is 0 Å². The number of hydrogen-bond donors (Lipinski definition) is 2. The Labute approximate surface area is 117 Å². The number of amides is 1. The zero-order valence-electron chi connectivity index (χ0n) is 12.9. The van der Waals surface area contributed by atoms with E-state index in [2.05, 4.69) is 37.9 Å². The Hall–Kier alpha value is -0.610. The van der Waals surface area contributed by atoms with Crippen LogP contribution in [0.25, 0.3) is 0 Å². The van der Waals surface area contributed by atoms with E-state index in [4.69, 9.17) is 5.73 Å². The molecule has 0 aromatic carbocycles. The molecule has 3 N–H and O–H groups in total. The molecular weight excluding hydrogens is 238 g/mol. The van der Waals surface area contributed by atoms with Gasteiger partial charge in [-0.25, -0.2) is 0 Å². The van der Waals surface area contributed by atoms with Crippen molar-refractivity contribution in [3.05, 3.63) is 0 Å². The summed E-state index contributed by atoms with van der Waals surface area (Å²) in [5.74, 6) is -0.142. The van der Waals surface area contributed by atoms with E-state index < -0.39 is 5.54 Å². The highest BCUT2D eigenvalue weighted by Gasteiger charge is 2.53. The van der Waals surface area contributed by atoms with E-state index in [1.165, 1.54) is 19.3 Å². The van der Waals surface area contributed by atoms with Crippen molar-refractivity contribution in [2.75, 3.05) is 13.1 Å². The van der Waals surface area contributed by atoms with Crippen LogP contribution in [-0.4, -0.2) is 40.5 Å². The quantitative estimate of drug-likeness (QED) is 0.799. The van der Waals surface area contributed by atoms with Crippen molar-refractivity contribution in [1.29, 1.82) is 0 Å². The van der Waals surface area contributed by atoms with Crippen molar-refractivity contribution in [3.63, 3.8) is 0 Å². The summed E-state index contributed by atoms with van der Waals surface area (Å²) in [5, 5.41) is 3.65.